The number of aliphatic carboxylic acids is 1. The van der Waals surface area contributed by atoms with Crippen molar-refractivity contribution in [1.82, 2.24) is 10.6 Å². The Hall–Kier alpha value is -2.61. The van der Waals surface area contributed by atoms with Gasteiger partial charge in [-0.05, 0) is 24.9 Å². The highest BCUT2D eigenvalue weighted by molar-refractivity contribution is 5.83. The van der Waals surface area contributed by atoms with E-state index in [1.807, 2.05) is 0 Å². The normalized spacial score (nSPS) is 16.8. The summed E-state index contributed by atoms with van der Waals surface area (Å²) in [5.41, 5.74) is 11.5. The van der Waals surface area contributed by atoms with Gasteiger partial charge in [0.05, 0.1) is 31.2 Å². The molecule has 180 valence electrons. The molecule has 6 atom stereocenters. The molecular weight excluding hydrogens is 424 g/mol. The fraction of sp³-hybridized carbons (Fsp3) is 0.550. The van der Waals surface area contributed by atoms with E-state index in [-0.39, 0.29) is 6.42 Å². The maximum absolute atomic E-state index is 12.4. The molecule has 0 bridgehead atoms. The van der Waals surface area contributed by atoms with Crippen LogP contribution in [0.2, 0.25) is 0 Å². The first kappa shape index (κ1) is 27.4. The second-order valence-corrected chi connectivity index (χ2v) is 7.33. The lowest BCUT2D eigenvalue weighted by Crippen LogP contribution is -2.58. The molecule has 0 saturated carbocycles. The Kier molecular flexibility index (Phi) is 11.8. The van der Waals surface area contributed by atoms with Crippen LogP contribution in [0.3, 0.4) is 0 Å². The molecule has 0 unspecified atom stereocenters. The van der Waals surface area contributed by atoms with Crippen molar-refractivity contribution >= 4 is 17.8 Å². The number of carbonyl (C=O) groups excluding carboxylic acids is 2. The smallest absolute Gasteiger partial charge is 0.305 e. The lowest BCUT2D eigenvalue weighted by atomic mass is 9.98. The van der Waals surface area contributed by atoms with Crippen LogP contribution in [0, 0.1) is 0 Å². The Morgan fingerprint density at radius 1 is 0.969 bits per heavy atom. The minimum absolute atomic E-state index is 0.259. The van der Waals surface area contributed by atoms with Gasteiger partial charge in [0, 0.05) is 0 Å². The second kappa shape index (κ2) is 13.7. The van der Waals surface area contributed by atoms with Crippen molar-refractivity contribution in [2.45, 2.75) is 55.7 Å². The predicted octanol–water partition coefficient (Wildman–Crippen LogP) is -3.06. The Morgan fingerprint density at radius 2 is 1.59 bits per heavy atom. The fourth-order valence-electron chi connectivity index (χ4n) is 2.95. The number of carboxylic acids is 1. The molecule has 0 heterocycles. The van der Waals surface area contributed by atoms with Crippen LogP contribution in [0.4, 0.5) is 0 Å². The Balaban J connectivity index is 2.81. The number of carbonyl (C=O) groups is 3. The number of amides is 2. The van der Waals surface area contributed by atoms with Crippen molar-refractivity contribution in [1.29, 1.82) is 0 Å². The zero-order valence-electron chi connectivity index (χ0n) is 17.5. The third-order valence-corrected chi connectivity index (χ3v) is 4.83. The summed E-state index contributed by atoms with van der Waals surface area (Å²) in [6, 6.07) is 4.74. The maximum Gasteiger partial charge on any atom is 0.305 e. The third kappa shape index (κ3) is 8.49. The van der Waals surface area contributed by atoms with Crippen LogP contribution in [-0.4, -0.2) is 86.9 Å². The van der Waals surface area contributed by atoms with Gasteiger partial charge in [-0.3, -0.25) is 14.4 Å². The molecule has 0 fully saturated rings. The number of nitrogens with two attached hydrogens (primary N) is 2. The SMILES string of the molecule is NCCC[C@@H](N)C(=O)N[C@@H](CO)[C@@H](O)[C@@H](O)[C@H](O)C(=O)N[C@@H](CC(=O)O)c1ccccc1. The summed E-state index contributed by atoms with van der Waals surface area (Å²) in [5, 5.41) is 53.8. The van der Waals surface area contributed by atoms with Crippen LogP contribution < -0.4 is 22.1 Å². The molecule has 0 radical (unpaired) electrons. The first-order chi connectivity index (χ1) is 15.1. The monoisotopic (exact) mass is 456 g/mol. The molecule has 0 saturated heterocycles. The zero-order chi connectivity index (χ0) is 24.3. The summed E-state index contributed by atoms with van der Waals surface area (Å²) >= 11 is 0. The largest absolute Gasteiger partial charge is 0.481 e. The molecule has 0 aliphatic carbocycles. The summed E-state index contributed by atoms with van der Waals surface area (Å²) in [7, 11) is 0. The molecule has 1 rings (SSSR count). The topological polar surface area (TPSA) is 228 Å². The maximum atomic E-state index is 12.4. The number of carboxylic acid groups (broad SMARTS) is 1. The quantitative estimate of drug-likeness (QED) is 0.137. The first-order valence-electron chi connectivity index (χ1n) is 10.1. The van der Waals surface area contributed by atoms with E-state index in [2.05, 4.69) is 10.6 Å². The predicted molar refractivity (Wildman–Crippen MR) is 113 cm³/mol. The van der Waals surface area contributed by atoms with Crippen molar-refractivity contribution in [3.8, 4) is 0 Å². The molecule has 1 aromatic carbocycles. The average Bonchev–Trinajstić information content (AvgIpc) is 2.78. The Bertz CT molecular complexity index is 736. The number of hydrogen-bond donors (Lipinski definition) is 9. The van der Waals surface area contributed by atoms with Gasteiger partial charge in [0.2, 0.25) is 5.91 Å². The number of rotatable bonds is 14. The Morgan fingerprint density at radius 3 is 2.12 bits per heavy atom. The molecule has 0 aliphatic rings. The molecule has 0 aliphatic heterocycles. The number of hydrogen-bond acceptors (Lipinski definition) is 9. The third-order valence-electron chi connectivity index (χ3n) is 4.83. The Labute approximate surface area is 185 Å². The lowest BCUT2D eigenvalue weighted by Gasteiger charge is -2.30. The first-order valence-corrected chi connectivity index (χ1v) is 10.1. The van der Waals surface area contributed by atoms with E-state index in [4.69, 9.17) is 16.6 Å². The minimum atomic E-state index is -2.18. The zero-order valence-corrected chi connectivity index (χ0v) is 17.5. The summed E-state index contributed by atoms with van der Waals surface area (Å²) in [4.78, 5) is 35.6. The number of benzene rings is 1. The minimum Gasteiger partial charge on any atom is -0.481 e. The molecule has 1 aromatic rings. The van der Waals surface area contributed by atoms with Gasteiger partial charge in [0.25, 0.3) is 5.91 Å². The highest BCUT2D eigenvalue weighted by atomic mass is 16.4. The van der Waals surface area contributed by atoms with Gasteiger partial charge in [0.1, 0.15) is 12.2 Å². The van der Waals surface area contributed by atoms with Crippen molar-refractivity contribution in [2.24, 2.45) is 11.5 Å². The molecule has 2 amide bonds. The van der Waals surface area contributed by atoms with Crippen LogP contribution in [-0.2, 0) is 14.4 Å². The van der Waals surface area contributed by atoms with E-state index in [9.17, 15) is 34.8 Å². The number of aliphatic hydroxyl groups is 4. The summed E-state index contributed by atoms with van der Waals surface area (Å²) in [5.74, 6) is -3.06. The molecule has 0 spiro atoms. The van der Waals surface area contributed by atoms with E-state index in [0.717, 1.165) is 0 Å². The number of aliphatic hydroxyl groups excluding tert-OH is 4. The van der Waals surface area contributed by atoms with Crippen LogP contribution in [0.15, 0.2) is 30.3 Å². The van der Waals surface area contributed by atoms with Crippen molar-refractivity contribution in [2.75, 3.05) is 13.2 Å². The van der Waals surface area contributed by atoms with Crippen molar-refractivity contribution in [3.05, 3.63) is 35.9 Å². The van der Waals surface area contributed by atoms with Crippen molar-refractivity contribution in [3.63, 3.8) is 0 Å². The van der Waals surface area contributed by atoms with Crippen LogP contribution in [0.25, 0.3) is 0 Å². The van der Waals surface area contributed by atoms with Gasteiger partial charge in [-0.25, -0.2) is 0 Å². The molecule has 12 nitrogen and oxygen atoms in total. The van der Waals surface area contributed by atoms with Gasteiger partial charge in [-0.1, -0.05) is 30.3 Å². The van der Waals surface area contributed by atoms with Gasteiger partial charge in [0.15, 0.2) is 6.10 Å². The van der Waals surface area contributed by atoms with E-state index < -0.39 is 67.2 Å². The van der Waals surface area contributed by atoms with Gasteiger partial charge in [-0.2, -0.15) is 0 Å². The van der Waals surface area contributed by atoms with Crippen molar-refractivity contribution < 1.29 is 39.9 Å². The molecule has 32 heavy (non-hydrogen) atoms. The van der Waals surface area contributed by atoms with Crippen LogP contribution in [0.5, 0.6) is 0 Å². The molecule has 12 heteroatoms. The second-order valence-electron chi connectivity index (χ2n) is 7.33. The van der Waals surface area contributed by atoms with E-state index in [1.165, 1.54) is 0 Å². The molecule has 0 aromatic heterocycles. The summed E-state index contributed by atoms with van der Waals surface area (Å²) in [6.45, 7) is -0.494. The van der Waals surface area contributed by atoms with Crippen LogP contribution in [0.1, 0.15) is 30.9 Å². The van der Waals surface area contributed by atoms with E-state index in [1.54, 1.807) is 30.3 Å². The fourth-order valence-corrected chi connectivity index (χ4v) is 2.95. The standard InChI is InChI=1S/C20H32N4O8/c21-8-4-7-12(22)19(31)24-14(10-25)16(28)17(29)18(30)20(32)23-13(9-15(26)27)11-5-2-1-3-6-11/h1-3,5-6,12-14,16-18,25,28-30H,4,7-10,21-22H2,(H,23,32)(H,24,31)(H,26,27)/t12-,13+,14+,16-,17-,18+/m1/s1. The summed E-state index contributed by atoms with van der Waals surface area (Å²) < 4.78 is 0. The number of nitrogens with one attached hydrogen (secondary N) is 2. The molecule has 11 N–H and O–H groups in total. The van der Waals surface area contributed by atoms with Crippen LogP contribution >= 0.6 is 0 Å². The van der Waals surface area contributed by atoms with Gasteiger partial charge < -0.3 is 47.6 Å². The van der Waals surface area contributed by atoms with E-state index in [0.29, 0.717) is 18.5 Å². The van der Waals surface area contributed by atoms with E-state index >= 15 is 0 Å². The van der Waals surface area contributed by atoms with Gasteiger partial charge >= 0.3 is 5.97 Å². The highest BCUT2D eigenvalue weighted by Crippen LogP contribution is 2.17. The average molecular weight is 456 g/mol. The summed E-state index contributed by atoms with van der Waals surface area (Å²) in [6.07, 6.45) is -5.97. The lowest BCUT2D eigenvalue weighted by molar-refractivity contribution is -0.145. The highest BCUT2D eigenvalue weighted by Gasteiger charge is 2.37. The molecular formula is C20H32N4O8. The van der Waals surface area contributed by atoms with Gasteiger partial charge in [-0.15, -0.1) is 0 Å².